The van der Waals surface area contributed by atoms with E-state index in [2.05, 4.69) is 5.32 Å². The Morgan fingerprint density at radius 1 is 1.10 bits per heavy atom. The van der Waals surface area contributed by atoms with E-state index in [9.17, 15) is 22.8 Å². The molecule has 1 atom stereocenters. The highest BCUT2D eigenvalue weighted by atomic mass is 32.2. The minimum atomic E-state index is -4.13. The number of fused-ring (bicyclic) bond motifs is 1. The molecular weight excluding hydrogens is 418 g/mol. The third-order valence-electron chi connectivity index (χ3n) is 5.43. The zero-order chi connectivity index (χ0) is 22.8. The molecule has 0 saturated carbocycles. The summed E-state index contributed by atoms with van der Waals surface area (Å²) in [5.41, 5.74) is 1.81. The van der Waals surface area contributed by atoms with Crippen LogP contribution in [0.25, 0.3) is 0 Å². The number of rotatable bonds is 7. The molecule has 8 nitrogen and oxygen atoms in total. The first kappa shape index (κ1) is 22.5. The van der Waals surface area contributed by atoms with Gasteiger partial charge in [-0.1, -0.05) is 43.3 Å². The summed E-state index contributed by atoms with van der Waals surface area (Å²) in [6.07, 6.45) is 0.332. The van der Waals surface area contributed by atoms with E-state index >= 15 is 0 Å². The highest BCUT2D eigenvalue weighted by molar-refractivity contribution is 7.90. The number of sulfonamides is 1. The lowest BCUT2D eigenvalue weighted by molar-refractivity contribution is -0.141. The van der Waals surface area contributed by atoms with E-state index in [1.807, 2.05) is 31.2 Å². The standard InChI is InChI=1S/C22H25N3O5S/c1-4-18(21(27)23-3)24(13-16-10-6-5-9-15(16)2)20(26)14-25-22(28)17-11-7-8-12-19(17)31(25,29)30/h5-12,18H,4,13-14H2,1-3H3,(H,23,27)/t18-/m1/s1. The molecule has 31 heavy (non-hydrogen) atoms. The molecule has 164 valence electrons. The van der Waals surface area contributed by atoms with Gasteiger partial charge >= 0.3 is 0 Å². The van der Waals surface area contributed by atoms with Crippen LogP contribution in [0.15, 0.2) is 53.4 Å². The average Bonchev–Trinajstić information content (AvgIpc) is 2.95. The van der Waals surface area contributed by atoms with Crippen LogP contribution in [0, 0.1) is 6.92 Å². The van der Waals surface area contributed by atoms with Gasteiger partial charge in [-0.25, -0.2) is 12.7 Å². The average molecular weight is 444 g/mol. The molecule has 2 aromatic carbocycles. The van der Waals surface area contributed by atoms with E-state index in [1.165, 1.54) is 30.1 Å². The van der Waals surface area contributed by atoms with Crippen molar-refractivity contribution in [1.29, 1.82) is 0 Å². The van der Waals surface area contributed by atoms with Crippen LogP contribution in [-0.4, -0.2) is 55.0 Å². The number of hydrogen-bond donors (Lipinski definition) is 1. The van der Waals surface area contributed by atoms with Crippen molar-refractivity contribution >= 4 is 27.7 Å². The first-order valence-electron chi connectivity index (χ1n) is 9.94. The molecule has 9 heteroatoms. The van der Waals surface area contributed by atoms with E-state index in [4.69, 9.17) is 0 Å². The summed E-state index contributed by atoms with van der Waals surface area (Å²) in [5, 5.41) is 2.55. The number of nitrogens with one attached hydrogen (secondary N) is 1. The van der Waals surface area contributed by atoms with Crippen LogP contribution in [0.2, 0.25) is 0 Å². The van der Waals surface area contributed by atoms with Crippen LogP contribution in [0.1, 0.15) is 34.8 Å². The topological polar surface area (TPSA) is 104 Å². The lowest BCUT2D eigenvalue weighted by Gasteiger charge is -2.31. The Labute approximate surface area is 181 Å². The second-order valence-corrected chi connectivity index (χ2v) is 9.13. The van der Waals surface area contributed by atoms with Gasteiger partial charge in [0.1, 0.15) is 17.5 Å². The van der Waals surface area contributed by atoms with Gasteiger partial charge in [0.15, 0.2) is 0 Å². The van der Waals surface area contributed by atoms with Gasteiger partial charge in [0.05, 0.1) is 5.56 Å². The molecule has 0 radical (unpaired) electrons. The number of carbonyl (C=O) groups excluding carboxylic acids is 3. The minimum absolute atomic E-state index is 0.0408. The molecule has 1 N–H and O–H groups in total. The molecule has 0 spiro atoms. The summed E-state index contributed by atoms with van der Waals surface area (Å²) >= 11 is 0. The molecule has 0 saturated heterocycles. The van der Waals surface area contributed by atoms with E-state index in [0.717, 1.165) is 11.1 Å². The second kappa shape index (κ2) is 8.89. The summed E-state index contributed by atoms with van der Waals surface area (Å²) in [6, 6.07) is 12.5. The maximum atomic E-state index is 13.3. The molecule has 1 heterocycles. The van der Waals surface area contributed by atoms with E-state index in [-0.39, 0.29) is 22.9 Å². The Bertz CT molecular complexity index is 1130. The van der Waals surface area contributed by atoms with Crippen molar-refractivity contribution in [2.24, 2.45) is 0 Å². The normalized spacial score (nSPS) is 15.3. The van der Waals surface area contributed by atoms with Gasteiger partial charge in [-0.15, -0.1) is 0 Å². The van der Waals surface area contributed by atoms with Crippen molar-refractivity contribution in [1.82, 2.24) is 14.5 Å². The zero-order valence-corrected chi connectivity index (χ0v) is 18.5. The Kier molecular flexibility index (Phi) is 6.45. The number of hydrogen-bond acceptors (Lipinski definition) is 5. The summed E-state index contributed by atoms with van der Waals surface area (Å²) in [6.45, 7) is 3.11. The molecule has 0 fully saturated rings. The largest absolute Gasteiger partial charge is 0.357 e. The fourth-order valence-corrected chi connectivity index (χ4v) is 5.18. The first-order valence-corrected chi connectivity index (χ1v) is 11.4. The van der Waals surface area contributed by atoms with Gasteiger partial charge in [0.25, 0.3) is 15.9 Å². The maximum Gasteiger partial charge on any atom is 0.269 e. The molecule has 0 aliphatic carbocycles. The molecule has 1 aliphatic heterocycles. The molecule has 3 amide bonds. The van der Waals surface area contributed by atoms with Crippen molar-refractivity contribution in [2.45, 2.75) is 37.8 Å². The van der Waals surface area contributed by atoms with Gasteiger partial charge in [0.2, 0.25) is 11.8 Å². The molecule has 1 aliphatic rings. The third kappa shape index (κ3) is 4.18. The Morgan fingerprint density at radius 3 is 2.35 bits per heavy atom. The van der Waals surface area contributed by atoms with E-state index in [1.54, 1.807) is 13.0 Å². The third-order valence-corrected chi connectivity index (χ3v) is 7.21. The highest BCUT2D eigenvalue weighted by Gasteiger charge is 2.43. The van der Waals surface area contributed by atoms with Gasteiger partial charge in [-0.05, 0) is 36.6 Å². The Morgan fingerprint density at radius 2 is 1.74 bits per heavy atom. The quantitative estimate of drug-likeness (QED) is 0.701. The molecular formula is C22H25N3O5S. The minimum Gasteiger partial charge on any atom is -0.357 e. The smallest absolute Gasteiger partial charge is 0.269 e. The summed E-state index contributed by atoms with van der Waals surface area (Å²) in [5.74, 6) is -1.72. The van der Waals surface area contributed by atoms with Crippen molar-refractivity contribution in [2.75, 3.05) is 13.6 Å². The van der Waals surface area contributed by atoms with Gasteiger partial charge in [-0.2, -0.15) is 0 Å². The van der Waals surface area contributed by atoms with Crippen LogP contribution >= 0.6 is 0 Å². The molecule has 2 aromatic rings. The van der Waals surface area contributed by atoms with Crippen molar-refractivity contribution < 1.29 is 22.8 Å². The predicted molar refractivity (Wildman–Crippen MR) is 115 cm³/mol. The molecule has 0 aromatic heterocycles. The number of carbonyl (C=O) groups is 3. The summed E-state index contributed by atoms with van der Waals surface area (Å²) in [7, 11) is -2.65. The van der Waals surface area contributed by atoms with Crippen molar-refractivity contribution in [3.8, 4) is 0 Å². The van der Waals surface area contributed by atoms with Crippen LogP contribution in [0.4, 0.5) is 0 Å². The van der Waals surface area contributed by atoms with E-state index in [0.29, 0.717) is 10.7 Å². The van der Waals surface area contributed by atoms with Crippen LogP contribution in [-0.2, 0) is 26.2 Å². The number of amides is 3. The fraction of sp³-hybridized carbons (Fsp3) is 0.318. The first-order chi connectivity index (χ1) is 14.7. The van der Waals surface area contributed by atoms with Crippen LogP contribution < -0.4 is 5.32 Å². The van der Waals surface area contributed by atoms with Gasteiger partial charge < -0.3 is 10.2 Å². The van der Waals surface area contributed by atoms with E-state index < -0.39 is 34.4 Å². The highest BCUT2D eigenvalue weighted by Crippen LogP contribution is 2.30. The van der Waals surface area contributed by atoms with Crippen molar-refractivity contribution in [3.05, 3.63) is 65.2 Å². The molecule has 0 bridgehead atoms. The zero-order valence-electron chi connectivity index (χ0n) is 17.7. The number of aryl methyl sites for hydroxylation is 1. The van der Waals surface area contributed by atoms with Gasteiger partial charge in [-0.3, -0.25) is 14.4 Å². The van der Waals surface area contributed by atoms with Crippen LogP contribution in [0.3, 0.4) is 0 Å². The molecule has 0 unspecified atom stereocenters. The molecule has 3 rings (SSSR count). The lowest BCUT2D eigenvalue weighted by atomic mass is 10.1. The predicted octanol–water partition coefficient (Wildman–Crippen LogP) is 1.69. The van der Waals surface area contributed by atoms with Crippen molar-refractivity contribution in [3.63, 3.8) is 0 Å². The van der Waals surface area contributed by atoms with Crippen LogP contribution in [0.5, 0.6) is 0 Å². The summed E-state index contributed by atoms with van der Waals surface area (Å²) in [4.78, 5) is 39.7. The monoisotopic (exact) mass is 443 g/mol. The lowest BCUT2D eigenvalue weighted by Crippen LogP contribution is -2.51. The Hall–Kier alpha value is -3.20. The fourth-order valence-electron chi connectivity index (χ4n) is 3.66. The summed E-state index contributed by atoms with van der Waals surface area (Å²) < 4.78 is 26.3. The Balaban J connectivity index is 1.94. The van der Waals surface area contributed by atoms with Gasteiger partial charge in [0, 0.05) is 13.6 Å². The second-order valence-electron chi connectivity index (χ2n) is 7.30. The SMILES string of the molecule is CC[C@H](C(=O)NC)N(Cc1ccccc1C)C(=O)CN1C(=O)c2ccccc2S1(=O)=O. The number of likely N-dealkylation sites (N-methyl/N-ethyl adjacent to an activating group) is 1. The maximum absolute atomic E-state index is 13.3. The number of benzene rings is 2. The number of nitrogens with zero attached hydrogens (tertiary/aromatic N) is 2.